The summed E-state index contributed by atoms with van der Waals surface area (Å²) in [5, 5.41) is 13.3. The van der Waals surface area contributed by atoms with Crippen molar-refractivity contribution >= 4 is 5.97 Å². The van der Waals surface area contributed by atoms with Crippen molar-refractivity contribution in [1.29, 1.82) is 0 Å². The predicted octanol–water partition coefficient (Wildman–Crippen LogP) is 2.81. The number of aromatic nitrogens is 2. The molecular weight excluding hydrogens is 287 g/mol. The van der Waals surface area contributed by atoms with Gasteiger partial charge in [-0.25, -0.2) is 9.18 Å². The fourth-order valence-corrected chi connectivity index (χ4v) is 2.67. The third-order valence-electron chi connectivity index (χ3n) is 3.95. The molecule has 0 atom stereocenters. The van der Waals surface area contributed by atoms with Gasteiger partial charge in [0.15, 0.2) is 0 Å². The molecule has 0 radical (unpaired) electrons. The molecule has 1 aliphatic rings. The third-order valence-corrected chi connectivity index (χ3v) is 3.95. The van der Waals surface area contributed by atoms with Crippen LogP contribution in [0.15, 0.2) is 30.6 Å². The first kappa shape index (κ1) is 14.7. The van der Waals surface area contributed by atoms with E-state index in [1.54, 1.807) is 12.3 Å². The van der Waals surface area contributed by atoms with Crippen LogP contribution in [-0.2, 0) is 11.3 Å². The lowest BCUT2D eigenvalue weighted by molar-refractivity contribution is 0.0601. The second kappa shape index (κ2) is 6.27. The van der Waals surface area contributed by atoms with Crippen molar-refractivity contribution in [2.24, 2.45) is 5.92 Å². The molecular formula is C16H17FN2O3. The van der Waals surface area contributed by atoms with Gasteiger partial charge in [-0.2, -0.15) is 5.10 Å². The summed E-state index contributed by atoms with van der Waals surface area (Å²) in [5.74, 6) is -1.45. The van der Waals surface area contributed by atoms with Crippen molar-refractivity contribution in [2.75, 3.05) is 13.2 Å². The van der Waals surface area contributed by atoms with E-state index >= 15 is 0 Å². The molecule has 1 aliphatic heterocycles. The minimum absolute atomic E-state index is 0.324. The van der Waals surface area contributed by atoms with Gasteiger partial charge in [-0.05, 0) is 36.5 Å². The van der Waals surface area contributed by atoms with E-state index in [9.17, 15) is 9.18 Å². The third kappa shape index (κ3) is 3.17. The lowest BCUT2D eigenvalue weighted by atomic mass is 10.0. The number of nitrogens with zero attached hydrogens (tertiary/aromatic N) is 2. The van der Waals surface area contributed by atoms with Gasteiger partial charge in [0, 0.05) is 31.5 Å². The van der Waals surface area contributed by atoms with Crippen LogP contribution in [0.25, 0.3) is 11.1 Å². The Morgan fingerprint density at radius 1 is 1.36 bits per heavy atom. The lowest BCUT2D eigenvalue weighted by Gasteiger charge is -2.21. The molecule has 1 saturated heterocycles. The Hall–Kier alpha value is -2.21. The second-order valence-electron chi connectivity index (χ2n) is 5.51. The minimum atomic E-state index is -1.27. The summed E-state index contributed by atoms with van der Waals surface area (Å²) in [4.78, 5) is 11.0. The number of benzene rings is 1. The molecule has 0 aliphatic carbocycles. The molecule has 0 bridgehead atoms. The molecule has 1 fully saturated rings. The predicted molar refractivity (Wildman–Crippen MR) is 78.1 cm³/mol. The van der Waals surface area contributed by atoms with Gasteiger partial charge in [0.05, 0.1) is 11.8 Å². The fraction of sp³-hybridized carbons (Fsp3) is 0.375. The highest BCUT2D eigenvalue weighted by molar-refractivity contribution is 5.89. The summed E-state index contributed by atoms with van der Waals surface area (Å²) >= 11 is 0. The van der Waals surface area contributed by atoms with Gasteiger partial charge in [-0.15, -0.1) is 0 Å². The summed E-state index contributed by atoms with van der Waals surface area (Å²) in [5.41, 5.74) is 1.11. The van der Waals surface area contributed by atoms with E-state index in [0.29, 0.717) is 11.5 Å². The number of ether oxygens (including phenoxy) is 1. The van der Waals surface area contributed by atoms with Crippen LogP contribution in [0, 0.1) is 11.7 Å². The Morgan fingerprint density at radius 3 is 2.86 bits per heavy atom. The van der Waals surface area contributed by atoms with E-state index in [1.165, 1.54) is 12.1 Å². The Morgan fingerprint density at radius 2 is 2.14 bits per heavy atom. The highest BCUT2D eigenvalue weighted by Gasteiger charge is 2.16. The standard InChI is InChI=1S/C16H17FN2O3/c17-15-2-1-12(7-14(15)16(20)21)13-8-18-19(10-13)9-11-3-5-22-6-4-11/h1-2,7-8,10-11H,3-6,9H2,(H,20,21). The number of carboxylic acids is 1. The average molecular weight is 304 g/mol. The number of aromatic carboxylic acids is 1. The molecule has 1 aromatic heterocycles. The molecule has 2 aromatic rings. The summed E-state index contributed by atoms with van der Waals surface area (Å²) in [6, 6.07) is 4.08. The first-order valence-electron chi connectivity index (χ1n) is 7.27. The van der Waals surface area contributed by atoms with Crippen molar-refractivity contribution in [3.63, 3.8) is 0 Å². The van der Waals surface area contributed by atoms with Crippen LogP contribution >= 0.6 is 0 Å². The Kier molecular flexibility index (Phi) is 4.20. The van der Waals surface area contributed by atoms with Gasteiger partial charge >= 0.3 is 5.97 Å². The van der Waals surface area contributed by atoms with Gasteiger partial charge in [0.25, 0.3) is 0 Å². The van der Waals surface area contributed by atoms with Crippen LogP contribution in [0.1, 0.15) is 23.2 Å². The number of rotatable bonds is 4. The molecule has 0 unspecified atom stereocenters. The molecule has 22 heavy (non-hydrogen) atoms. The Bertz CT molecular complexity index is 678. The maximum atomic E-state index is 13.4. The highest BCUT2D eigenvalue weighted by Crippen LogP contribution is 2.23. The fourth-order valence-electron chi connectivity index (χ4n) is 2.67. The Balaban J connectivity index is 1.78. The molecule has 5 nitrogen and oxygen atoms in total. The molecule has 3 rings (SSSR count). The zero-order chi connectivity index (χ0) is 15.5. The molecule has 6 heteroatoms. The van der Waals surface area contributed by atoms with E-state index in [-0.39, 0.29) is 5.56 Å². The zero-order valence-corrected chi connectivity index (χ0v) is 12.0. The van der Waals surface area contributed by atoms with E-state index in [1.807, 2.05) is 10.9 Å². The normalized spacial score (nSPS) is 15.9. The van der Waals surface area contributed by atoms with Crippen LogP contribution in [0.5, 0.6) is 0 Å². The van der Waals surface area contributed by atoms with Gasteiger partial charge in [-0.3, -0.25) is 4.68 Å². The maximum absolute atomic E-state index is 13.4. The van der Waals surface area contributed by atoms with Crippen LogP contribution in [0.4, 0.5) is 4.39 Å². The molecule has 1 aromatic carbocycles. The molecule has 0 amide bonds. The number of carboxylic acid groups (broad SMARTS) is 1. The van der Waals surface area contributed by atoms with Crippen LogP contribution in [0.2, 0.25) is 0 Å². The second-order valence-corrected chi connectivity index (χ2v) is 5.51. The summed E-state index contributed by atoms with van der Waals surface area (Å²) < 4.78 is 20.6. The lowest BCUT2D eigenvalue weighted by Crippen LogP contribution is -2.20. The summed E-state index contributed by atoms with van der Waals surface area (Å²) in [6.07, 6.45) is 5.59. The minimum Gasteiger partial charge on any atom is -0.478 e. The largest absolute Gasteiger partial charge is 0.478 e. The van der Waals surface area contributed by atoms with Crippen LogP contribution in [0.3, 0.4) is 0 Å². The van der Waals surface area contributed by atoms with Crippen molar-refractivity contribution in [3.8, 4) is 11.1 Å². The number of halogens is 1. The van der Waals surface area contributed by atoms with Crippen LogP contribution in [-0.4, -0.2) is 34.1 Å². The van der Waals surface area contributed by atoms with Gasteiger partial charge in [-0.1, -0.05) is 6.07 Å². The maximum Gasteiger partial charge on any atom is 0.338 e. The van der Waals surface area contributed by atoms with E-state index in [4.69, 9.17) is 9.84 Å². The smallest absolute Gasteiger partial charge is 0.338 e. The Labute approximate surface area is 127 Å². The highest BCUT2D eigenvalue weighted by atomic mass is 19.1. The summed E-state index contributed by atoms with van der Waals surface area (Å²) in [6.45, 7) is 2.40. The van der Waals surface area contributed by atoms with Gasteiger partial charge < -0.3 is 9.84 Å². The number of hydrogen-bond acceptors (Lipinski definition) is 3. The van der Waals surface area contributed by atoms with E-state index in [2.05, 4.69) is 5.10 Å². The number of hydrogen-bond donors (Lipinski definition) is 1. The topological polar surface area (TPSA) is 64.3 Å². The average Bonchev–Trinajstić information content (AvgIpc) is 2.97. The quantitative estimate of drug-likeness (QED) is 0.943. The zero-order valence-electron chi connectivity index (χ0n) is 12.0. The van der Waals surface area contributed by atoms with Gasteiger partial charge in [0.2, 0.25) is 0 Å². The molecule has 0 saturated carbocycles. The van der Waals surface area contributed by atoms with E-state index in [0.717, 1.165) is 38.2 Å². The van der Waals surface area contributed by atoms with Gasteiger partial charge in [0.1, 0.15) is 5.82 Å². The molecule has 116 valence electrons. The molecule has 2 heterocycles. The first-order chi connectivity index (χ1) is 10.6. The van der Waals surface area contributed by atoms with Crippen LogP contribution < -0.4 is 0 Å². The van der Waals surface area contributed by atoms with Crippen molar-refractivity contribution in [1.82, 2.24) is 9.78 Å². The monoisotopic (exact) mass is 304 g/mol. The van der Waals surface area contributed by atoms with Crippen molar-refractivity contribution < 1.29 is 19.0 Å². The first-order valence-corrected chi connectivity index (χ1v) is 7.27. The molecule has 1 N–H and O–H groups in total. The summed E-state index contributed by atoms with van der Waals surface area (Å²) in [7, 11) is 0. The molecule has 0 spiro atoms. The van der Waals surface area contributed by atoms with E-state index < -0.39 is 11.8 Å². The number of carbonyl (C=O) groups is 1. The van der Waals surface area contributed by atoms with Crippen molar-refractivity contribution in [3.05, 3.63) is 42.0 Å². The van der Waals surface area contributed by atoms with Crippen molar-refractivity contribution in [2.45, 2.75) is 19.4 Å². The SMILES string of the molecule is O=C(O)c1cc(-c2cnn(CC3CCOCC3)c2)ccc1F.